The molecule has 0 amide bonds. The van der Waals surface area contributed by atoms with Gasteiger partial charge in [-0.15, -0.1) is 0 Å². The van der Waals surface area contributed by atoms with Gasteiger partial charge in [0.25, 0.3) is 5.56 Å². The zero-order chi connectivity index (χ0) is 18.1. The molecule has 0 spiro atoms. The lowest BCUT2D eigenvalue weighted by Crippen LogP contribution is -2.35. The fourth-order valence-electron chi connectivity index (χ4n) is 3.47. The van der Waals surface area contributed by atoms with E-state index in [1.54, 1.807) is 12.4 Å². The number of fused-ring (bicyclic) bond motifs is 1. The minimum Gasteiger partial charge on any atom is -0.306 e. The maximum Gasteiger partial charge on any atom is 0.255 e. The zero-order valence-electron chi connectivity index (χ0n) is 15.1. The van der Waals surface area contributed by atoms with Crippen LogP contribution in [0.3, 0.4) is 0 Å². The molecular weight excluding hydrogens is 324 g/mol. The van der Waals surface area contributed by atoms with Gasteiger partial charge < -0.3 is 4.98 Å². The van der Waals surface area contributed by atoms with Gasteiger partial charge in [-0.2, -0.15) is 0 Å². The van der Waals surface area contributed by atoms with Crippen LogP contribution in [0.25, 0.3) is 11.4 Å². The minimum absolute atomic E-state index is 0.0347. The van der Waals surface area contributed by atoms with E-state index in [0.29, 0.717) is 12.4 Å². The molecular formula is C21H22N4O. The van der Waals surface area contributed by atoms with Crippen LogP contribution < -0.4 is 5.56 Å². The first-order valence-electron chi connectivity index (χ1n) is 8.91. The van der Waals surface area contributed by atoms with E-state index in [1.807, 2.05) is 12.1 Å². The Labute approximate surface area is 152 Å². The zero-order valence-corrected chi connectivity index (χ0v) is 15.1. The van der Waals surface area contributed by atoms with Gasteiger partial charge in [0, 0.05) is 44.0 Å². The number of aromatic amines is 1. The molecule has 3 aromatic rings. The molecule has 5 nitrogen and oxygen atoms in total. The van der Waals surface area contributed by atoms with Crippen LogP contribution >= 0.6 is 0 Å². The van der Waals surface area contributed by atoms with Crippen molar-refractivity contribution in [2.24, 2.45) is 0 Å². The quantitative estimate of drug-likeness (QED) is 0.792. The molecule has 0 radical (unpaired) electrons. The van der Waals surface area contributed by atoms with E-state index in [-0.39, 0.29) is 5.56 Å². The van der Waals surface area contributed by atoms with Crippen LogP contribution in [0.4, 0.5) is 0 Å². The number of rotatable bonds is 3. The van der Waals surface area contributed by atoms with Crippen molar-refractivity contribution in [2.45, 2.75) is 33.4 Å². The number of hydrogen-bond acceptors (Lipinski definition) is 4. The highest BCUT2D eigenvalue weighted by atomic mass is 16.1. The van der Waals surface area contributed by atoms with Crippen LogP contribution in [-0.2, 0) is 19.5 Å². The van der Waals surface area contributed by atoms with Crippen LogP contribution in [0.5, 0.6) is 0 Å². The van der Waals surface area contributed by atoms with Crippen LogP contribution in [-0.4, -0.2) is 26.4 Å². The average Bonchev–Trinajstić information content (AvgIpc) is 2.66. The summed E-state index contributed by atoms with van der Waals surface area (Å²) in [4.78, 5) is 26.6. The minimum atomic E-state index is -0.0347. The molecule has 1 aliphatic rings. The van der Waals surface area contributed by atoms with E-state index in [1.165, 1.54) is 16.7 Å². The third-order valence-electron chi connectivity index (χ3n) is 5.00. The lowest BCUT2D eigenvalue weighted by Gasteiger charge is -2.28. The summed E-state index contributed by atoms with van der Waals surface area (Å²) in [5.74, 6) is 0.624. The van der Waals surface area contributed by atoms with Gasteiger partial charge in [0.2, 0.25) is 0 Å². The first kappa shape index (κ1) is 16.7. The van der Waals surface area contributed by atoms with Gasteiger partial charge in [-0.05, 0) is 37.1 Å². The van der Waals surface area contributed by atoms with E-state index in [0.717, 1.165) is 36.3 Å². The highest BCUT2D eigenvalue weighted by Gasteiger charge is 2.22. The number of hydrogen-bond donors (Lipinski definition) is 1. The second-order valence-electron chi connectivity index (χ2n) is 6.97. The number of aromatic nitrogens is 3. The largest absolute Gasteiger partial charge is 0.306 e. The molecule has 0 fully saturated rings. The molecule has 0 saturated carbocycles. The van der Waals surface area contributed by atoms with E-state index < -0.39 is 0 Å². The molecule has 1 aromatic carbocycles. The SMILES string of the molecule is Cc1ccc(C)c(CN2CCc3nc(-c4ccncc4)[nH]c(=O)c3C2)c1. The van der Waals surface area contributed by atoms with Gasteiger partial charge in [-0.1, -0.05) is 23.8 Å². The number of pyridine rings is 1. The van der Waals surface area contributed by atoms with Gasteiger partial charge in [-0.3, -0.25) is 14.7 Å². The van der Waals surface area contributed by atoms with E-state index in [4.69, 9.17) is 4.98 Å². The van der Waals surface area contributed by atoms with Crippen molar-refractivity contribution in [3.8, 4) is 11.4 Å². The van der Waals surface area contributed by atoms with E-state index in [2.05, 4.69) is 46.9 Å². The Bertz CT molecular complexity index is 995. The maximum atomic E-state index is 12.6. The summed E-state index contributed by atoms with van der Waals surface area (Å²) in [6.45, 7) is 6.67. The molecule has 0 saturated heterocycles. The van der Waals surface area contributed by atoms with Crippen molar-refractivity contribution in [1.82, 2.24) is 19.9 Å². The first-order valence-corrected chi connectivity index (χ1v) is 8.91. The Hall–Kier alpha value is -2.79. The molecule has 0 atom stereocenters. The van der Waals surface area contributed by atoms with Crippen molar-refractivity contribution in [2.75, 3.05) is 6.54 Å². The molecule has 132 valence electrons. The van der Waals surface area contributed by atoms with Gasteiger partial charge in [0.05, 0.1) is 11.3 Å². The number of nitrogens with zero attached hydrogens (tertiary/aromatic N) is 3. The highest BCUT2D eigenvalue weighted by Crippen LogP contribution is 2.21. The predicted octanol–water partition coefficient (Wildman–Crippen LogP) is 3.01. The van der Waals surface area contributed by atoms with Gasteiger partial charge in [0.1, 0.15) is 5.82 Å². The van der Waals surface area contributed by atoms with Crippen molar-refractivity contribution in [1.29, 1.82) is 0 Å². The smallest absolute Gasteiger partial charge is 0.255 e. The standard InChI is InChI=1S/C21H22N4O/c1-14-3-4-15(2)17(11-14)12-25-10-7-19-18(13-25)21(26)24-20(23-19)16-5-8-22-9-6-16/h3-6,8-9,11H,7,10,12-13H2,1-2H3,(H,23,24,26). The summed E-state index contributed by atoms with van der Waals surface area (Å²) in [6, 6.07) is 10.3. The topological polar surface area (TPSA) is 61.9 Å². The molecule has 3 heterocycles. The molecule has 26 heavy (non-hydrogen) atoms. The van der Waals surface area contributed by atoms with Gasteiger partial charge in [-0.25, -0.2) is 4.98 Å². The van der Waals surface area contributed by atoms with Crippen molar-refractivity contribution in [3.63, 3.8) is 0 Å². The summed E-state index contributed by atoms with van der Waals surface area (Å²) < 4.78 is 0. The molecule has 1 N–H and O–H groups in total. The van der Waals surface area contributed by atoms with Gasteiger partial charge in [0.15, 0.2) is 0 Å². The van der Waals surface area contributed by atoms with Gasteiger partial charge >= 0.3 is 0 Å². The summed E-state index contributed by atoms with van der Waals surface area (Å²) in [5, 5.41) is 0. The average molecular weight is 346 g/mol. The van der Waals surface area contributed by atoms with Crippen LogP contribution in [0.15, 0.2) is 47.5 Å². The Morgan fingerprint density at radius 2 is 1.96 bits per heavy atom. The monoisotopic (exact) mass is 346 g/mol. The van der Waals surface area contributed by atoms with Crippen molar-refractivity contribution >= 4 is 0 Å². The Kier molecular flexibility index (Phi) is 4.39. The third-order valence-corrected chi connectivity index (χ3v) is 5.00. The molecule has 0 bridgehead atoms. The van der Waals surface area contributed by atoms with E-state index in [9.17, 15) is 4.79 Å². The number of nitrogens with one attached hydrogen (secondary N) is 1. The van der Waals surface area contributed by atoms with Crippen molar-refractivity contribution < 1.29 is 0 Å². The second kappa shape index (κ2) is 6.84. The van der Waals surface area contributed by atoms with Crippen LogP contribution in [0, 0.1) is 13.8 Å². The second-order valence-corrected chi connectivity index (χ2v) is 6.97. The number of benzene rings is 1. The number of aryl methyl sites for hydroxylation is 2. The lowest BCUT2D eigenvalue weighted by molar-refractivity contribution is 0.241. The summed E-state index contributed by atoms with van der Waals surface area (Å²) >= 11 is 0. The molecule has 1 aliphatic heterocycles. The molecule has 0 unspecified atom stereocenters. The lowest BCUT2D eigenvalue weighted by atomic mass is 10.0. The molecule has 0 aliphatic carbocycles. The molecule has 4 rings (SSSR count). The Morgan fingerprint density at radius 1 is 1.15 bits per heavy atom. The first-order chi connectivity index (χ1) is 12.6. The predicted molar refractivity (Wildman–Crippen MR) is 102 cm³/mol. The molecule has 2 aromatic heterocycles. The van der Waals surface area contributed by atoms with Crippen molar-refractivity contribution in [3.05, 3.63) is 81.0 Å². The fourth-order valence-corrected chi connectivity index (χ4v) is 3.47. The maximum absolute atomic E-state index is 12.6. The molecule has 5 heteroatoms. The summed E-state index contributed by atoms with van der Waals surface area (Å²) in [7, 11) is 0. The fraction of sp³-hybridized carbons (Fsp3) is 0.286. The van der Waals surface area contributed by atoms with Crippen LogP contribution in [0.2, 0.25) is 0 Å². The Morgan fingerprint density at radius 3 is 2.77 bits per heavy atom. The summed E-state index contributed by atoms with van der Waals surface area (Å²) in [6.07, 6.45) is 4.21. The third kappa shape index (κ3) is 3.30. The normalized spacial score (nSPS) is 14.2. The Balaban J connectivity index is 1.59. The number of H-pyrrole nitrogens is 1. The highest BCUT2D eigenvalue weighted by molar-refractivity contribution is 5.54. The summed E-state index contributed by atoms with van der Waals surface area (Å²) in [5.41, 5.74) is 6.44. The van der Waals surface area contributed by atoms with Crippen LogP contribution in [0.1, 0.15) is 27.9 Å². The van der Waals surface area contributed by atoms with E-state index >= 15 is 0 Å².